The highest BCUT2D eigenvalue weighted by molar-refractivity contribution is 5.85. The largest absolute Gasteiger partial charge is 0.461 e. The highest BCUT2D eigenvalue weighted by Crippen LogP contribution is 2.29. The van der Waals surface area contributed by atoms with Gasteiger partial charge in [-0.05, 0) is 42.2 Å². The number of pyridine rings is 1. The first-order chi connectivity index (χ1) is 13.8. The van der Waals surface area contributed by atoms with Gasteiger partial charge in [-0.25, -0.2) is 0 Å². The third-order valence-electron chi connectivity index (χ3n) is 5.50. The minimum atomic E-state index is -0.0112. The Balaban J connectivity index is 0.00000205. The van der Waals surface area contributed by atoms with Crippen LogP contribution in [-0.2, 0) is 25.8 Å². The van der Waals surface area contributed by atoms with Crippen molar-refractivity contribution in [3.8, 4) is 5.69 Å². The molecule has 0 radical (unpaired) electrons. The molecule has 1 aliphatic rings. The van der Waals surface area contributed by atoms with Crippen molar-refractivity contribution < 1.29 is 4.42 Å². The predicted molar refractivity (Wildman–Crippen MR) is 118 cm³/mol. The summed E-state index contributed by atoms with van der Waals surface area (Å²) in [6, 6.07) is 20.2. The molecular formula is C24H23ClN2O2. The number of benzene rings is 2. The smallest absolute Gasteiger partial charge is 0.255 e. The second-order valence-electron chi connectivity index (χ2n) is 7.34. The van der Waals surface area contributed by atoms with Gasteiger partial charge in [0.05, 0.1) is 5.69 Å². The van der Waals surface area contributed by atoms with E-state index >= 15 is 0 Å². The number of aryl methyl sites for hydroxylation is 2. The summed E-state index contributed by atoms with van der Waals surface area (Å²) < 4.78 is 7.73. The van der Waals surface area contributed by atoms with E-state index in [1.54, 1.807) is 10.6 Å². The zero-order valence-electron chi connectivity index (χ0n) is 16.1. The highest BCUT2D eigenvalue weighted by atomic mass is 35.5. The summed E-state index contributed by atoms with van der Waals surface area (Å²) in [6.07, 6.45) is 4.57. The predicted octanol–water partition coefficient (Wildman–Crippen LogP) is 4.44. The fourth-order valence-electron chi connectivity index (χ4n) is 3.97. The summed E-state index contributed by atoms with van der Waals surface area (Å²) in [4.78, 5) is 12.7. The van der Waals surface area contributed by atoms with Crippen LogP contribution in [0.2, 0.25) is 0 Å². The average Bonchev–Trinajstić information content (AvgIpc) is 3.11. The summed E-state index contributed by atoms with van der Waals surface area (Å²) in [5, 5.41) is 4.53. The molecule has 0 aliphatic carbocycles. The van der Waals surface area contributed by atoms with Gasteiger partial charge in [-0.3, -0.25) is 9.36 Å². The maximum absolute atomic E-state index is 12.7. The van der Waals surface area contributed by atoms with Crippen molar-refractivity contribution in [2.24, 2.45) is 0 Å². The summed E-state index contributed by atoms with van der Waals surface area (Å²) in [5.41, 5.74) is 5.27. The first-order valence-electron chi connectivity index (χ1n) is 9.79. The molecule has 5 heteroatoms. The van der Waals surface area contributed by atoms with Crippen molar-refractivity contribution in [3.63, 3.8) is 0 Å². The lowest BCUT2D eigenvalue weighted by atomic mass is 10.1. The Kier molecular flexibility index (Phi) is 5.56. The lowest BCUT2D eigenvalue weighted by Crippen LogP contribution is -2.22. The van der Waals surface area contributed by atoms with Crippen LogP contribution >= 0.6 is 12.4 Å². The molecule has 2 aromatic heterocycles. The van der Waals surface area contributed by atoms with Gasteiger partial charge in [0.2, 0.25) is 0 Å². The van der Waals surface area contributed by atoms with Gasteiger partial charge >= 0.3 is 0 Å². The second kappa shape index (κ2) is 8.27. The number of rotatable bonds is 4. The third-order valence-corrected chi connectivity index (χ3v) is 5.50. The molecule has 4 nitrogen and oxygen atoms in total. The Morgan fingerprint density at radius 1 is 0.966 bits per heavy atom. The summed E-state index contributed by atoms with van der Waals surface area (Å²) in [7, 11) is 0. The Labute approximate surface area is 175 Å². The van der Waals surface area contributed by atoms with Gasteiger partial charge in [0.1, 0.15) is 11.3 Å². The molecule has 0 saturated heterocycles. The van der Waals surface area contributed by atoms with E-state index in [0.29, 0.717) is 0 Å². The molecule has 148 valence electrons. The van der Waals surface area contributed by atoms with Gasteiger partial charge in [0.25, 0.3) is 5.56 Å². The lowest BCUT2D eigenvalue weighted by molar-refractivity contribution is 0.500. The molecule has 1 aliphatic heterocycles. The fraction of sp³-hybridized carbons (Fsp3) is 0.208. The van der Waals surface area contributed by atoms with Crippen molar-refractivity contribution in [2.75, 3.05) is 6.54 Å². The van der Waals surface area contributed by atoms with Crippen LogP contribution < -0.4 is 10.9 Å². The van der Waals surface area contributed by atoms with Gasteiger partial charge in [0, 0.05) is 48.8 Å². The van der Waals surface area contributed by atoms with Crippen LogP contribution in [0.4, 0.5) is 0 Å². The monoisotopic (exact) mass is 406 g/mol. The molecule has 1 N–H and O–H groups in total. The number of hydrogen-bond donors (Lipinski definition) is 1. The van der Waals surface area contributed by atoms with Crippen LogP contribution in [0, 0.1) is 0 Å². The van der Waals surface area contributed by atoms with Crippen LogP contribution in [-0.4, -0.2) is 11.1 Å². The SMILES string of the molecule is Cl.O=c1cc(CCc2ccccc2)ccn1-c1ccc2c3c(oc2c1)CCNC3. The number of halogens is 1. The van der Waals surface area contributed by atoms with Crippen molar-refractivity contribution >= 4 is 23.4 Å². The van der Waals surface area contributed by atoms with E-state index in [9.17, 15) is 4.79 Å². The molecule has 29 heavy (non-hydrogen) atoms. The zero-order chi connectivity index (χ0) is 18.9. The van der Waals surface area contributed by atoms with Crippen LogP contribution in [0.1, 0.15) is 22.5 Å². The Morgan fingerprint density at radius 2 is 1.79 bits per heavy atom. The minimum absolute atomic E-state index is 0. The van der Waals surface area contributed by atoms with Gasteiger partial charge in [-0.1, -0.05) is 30.3 Å². The van der Waals surface area contributed by atoms with Gasteiger partial charge in [-0.15, -0.1) is 12.4 Å². The van der Waals surface area contributed by atoms with Crippen molar-refractivity contribution in [1.29, 1.82) is 0 Å². The van der Waals surface area contributed by atoms with Gasteiger partial charge < -0.3 is 9.73 Å². The van der Waals surface area contributed by atoms with Crippen LogP contribution in [0.25, 0.3) is 16.7 Å². The van der Waals surface area contributed by atoms with E-state index < -0.39 is 0 Å². The Bertz CT molecular complexity index is 1190. The molecular weight excluding hydrogens is 384 g/mol. The molecule has 5 rings (SSSR count). The van der Waals surface area contributed by atoms with Crippen LogP contribution in [0.5, 0.6) is 0 Å². The summed E-state index contributed by atoms with van der Waals surface area (Å²) >= 11 is 0. The van der Waals surface area contributed by atoms with Crippen molar-refractivity contribution in [1.82, 2.24) is 9.88 Å². The molecule has 0 unspecified atom stereocenters. The van der Waals surface area contributed by atoms with E-state index in [-0.39, 0.29) is 18.0 Å². The molecule has 2 aromatic carbocycles. The molecule has 3 heterocycles. The maximum atomic E-state index is 12.7. The molecule has 0 bridgehead atoms. The average molecular weight is 407 g/mol. The Hall–Kier alpha value is -2.82. The first kappa shape index (κ1) is 19.5. The molecule has 0 amide bonds. The molecule has 0 spiro atoms. The fourth-order valence-corrected chi connectivity index (χ4v) is 3.97. The van der Waals surface area contributed by atoms with Crippen molar-refractivity contribution in [2.45, 2.75) is 25.8 Å². The standard InChI is InChI=1S/C24H22N2O2.ClH/c27-24-14-18(7-6-17-4-2-1-3-5-17)11-13-26(24)19-8-9-20-21-16-25-12-10-22(21)28-23(20)15-19;/h1-5,8-9,11,13-15,25H,6-7,10,12,16H2;1H. The topological polar surface area (TPSA) is 47.2 Å². The number of hydrogen-bond acceptors (Lipinski definition) is 3. The number of nitrogens with one attached hydrogen (secondary N) is 1. The molecule has 0 atom stereocenters. The van der Waals surface area contributed by atoms with Crippen LogP contribution in [0.3, 0.4) is 0 Å². The number of furan rings is 1. The van der Waals surface area contributed by atoms with E-state index in [4.69, 9.17) is 4.42 Å². The highest BCUT2D eigenvalue weighted by Gasteiger charge is 2.17. The molecule has 4 aromatic rings. The third kappa shape index (κ3) is 3.86. The van der Waals surface area contributed by atoms with E-state index in [0.717, 1.165) is 60.3 Å². The Morgan fingerprint density at radius 3 is 2.62 bits per heavy atom. The number of fused-ring (bicyclic) bond motifs is 3. The summed E-state index contributed by atoms with van der Waals surface area (Å²) in [5.74, 6) is 1.06. The molecule has 0 saturated carbocycles. The normalized spacial score (nSPS) is 13.1. The minimum Gasteiger partial charge on any atom is -0.461 e. The number of nitrogens with zero attached hydrogens (tertiary/aromatic N) is 1. The quantitative estimate of drug-likeness (QED) is 0.545. The first-order valence-corrected chi connectivity index (χ1v) is 9.79. The van der Waals surface area contributed by atoms with Gasteiger partial charge in [-0.2, -0.15) is 0 Å². The lowest BCUT2D eigenvalue weighted by Gasteiger charge is -2.10. The number of aromatic nitrogens is 1. The van der Waals surface area contributed by atoms with E-state index in [1.165, 1.54) is 11.1 Å². The molecule has 0 fully saturated rings. The van der Waals surface area contributed by atoms with E-state index in [1.807, 2.05) is 42.6 Å². The van der Waals surface area contributed by atoms with E-state index in [2.05, 4.69) is 23.5 Å². The zero-order valence-corrected chi connectivity index (χ0v) is 16.9. The van der Waals surface area contributed by atoms with Crippen LogP contribution in [0.15, 0.2) is 76.1 Å². The summed E-state index contributed by atoms with van der Waals surface area (Å²) in [6.45, 7) is 1.79. The van der Waals surface area contributed by atoms with Crippen molar-refractivity contribution in [3.05, 3.63) is 99.7 Å². The van der Waals surface area contributed by atoms with Gasteiger partial charge in [0.15, 0.2) is 0 Å². The second-order valence-corrected chi connectivity index (χ2v) is 7.34. The maximum Gasteiger partial charge on any atom is 0.255 e.